The van der Waals surface area contributed by atoms with Gasteiger partial charge in [0.1, 0.15) is 5.75 Å². The van der Waals surface area contributed by atoms with E-state index in [2.05, 4.69) is 4.98 Å². The van der Waals surface area contributed by atoms with Gasteiger partial charge in [-0.1, -0.05) is 0 Å². The summed E-state index contributed by atoms with van der Waals surface area (Å²) in [7, 11) is 1.20. The van der Waals surface area contributed by atoms with Gasteiger partial charge in [0.2, 0.25) is 0 Å². The fourth-order valence-electron chi connectivity index (χ4n) is 1.51. The number of nitrogens with zero attached hydrogens (tertiary/aromatic N) is 1. The van der Waals surface area contributed by atoms with E-state index in [0.717, 1.165) is 6.07 Å². The Labute approximate surface area is 105 Å². The Balaban J connectivity index is 2.52. The van der Waals surface area contributed by atoms with Crippen LogP contribution >= 0.6 is 11.3 Å². The summed E-state index contributed by atoms with van der Waals surface area (Å²) in [5, 5.41) is 1.92. The number of rotatable bonds is 2. The van der Waals surface area contributed by atoms with Crippen LogP contribution in [0.2, 0.25) is 0 Å². The lowest BCUT2D eigenvalue weighted by molar-refractivity contribution is -0.138. The molecule has 0 aliphatic heterocycles. The minimum absolute atomic E-state index is 0.213. The van der Waals surface area contributed by atoms with E-state index < -0.39 is 11.7 Å². The first-order chi connectivity index (χ1) is 8.41. The average molecular weight is 274 g/mol. The summed E-state index contributed by atoms with van der Waals surface area (Å²) in [5.74, 6) is -0.213. The lowest BCUT2D eigenvalue weighted by Gasteiger charge is -2.12. The molecule has 2 rings (SSSR count). The molecule has 1 aromatic carbocycles. The largest absolute Gasteiger partial charge is 0.496 e. The van der Waals surface area contributed by atoms with Gasteiger partial charge in [-0.3, -0.25) is 0 Å². The van der Waals surface area contributed by atoms with E-state index in [0.29, 0.717) is 16.4 Å². The molecule has 0 saturated heterocycles. The SMILES string of the molecule is COc1ccc(-c2csc(N)n2)cc1C(F)(F)F. The van der Waals surface area contributed by atoms with Gasteiger partial charge in [-0.15, -0.1) is 11.3 Å². The van der Waals surface area contributed by atoms with Crippen molar-refractivity contribution in [2.75, 3.05) is 12.8 Å². The maximum atomic E-state index is 12.8. The number of halogens is 3. The maximum Gasteiger partial charge on any atom is 0.419 e. The second kappa shape index (κ2) is 4.49. The summed E-state index contributed by atoms with van der Waals surface area (Å²) in [6.45, 7) is 0. The zero-order chi connectivity index (χ0) is 13.3. The number of nitrogen functional groups attached to an aromatic ring is 1. The number of benzene rings is 1. The van der Waals surface area contributed by atoms with Crippen LogP contribution in [0.4, 0.5) is 18.3 Å². The molecule has 0 saturated carbocycles. The van der Waals surface area contributed by atoms with E-state index in [4.69, 9.17) is 10.5 Å². The third-order valence-corrected chi connectivity index (χ3v) is 3.00. The Morgan fingerprint density at radius 3 is 2.56 bits per heavy atom. The Kier molecular flexibility index (Phi) is 3.16. The van der Waals surface area contributed by atoms with Gasteiger partial charge in [-0.25, -0.2) is 4.98 Å². The van der Waals surface area contributed by atoms with Crippen molar-refractivity contribution in [2.45, 2.75) is 6.18 Å². The van der Waals surface area contributed by atoms with Crippen LogP contribution in [-0.4, -0.2) is 12.1 Å². The van der Waals surface area contributed by atoms with E-state index in [1.54, 1.807) is 5.38 Å². The average Bonchev–Trinajstić information content (AvgIpc) is 2.74. The van der Waals surface area contributed by atoms with Crippen molar-refractivity contribution in [3.8, 4) is 17.0 Å². The van der Waals surface area contributed by atoms with Crippen molar-refractivity contribution in [1.29, 1.82) is 0 Å². The first-order valence-electron chi connectivity index (χ1n) is 4.88. The second-order valence-electron chi connectivity index (χ2n) is 3.48. The highest BCUT2D eigenvalue weighted by Crippen LogP contribution is 2.38. The molecule has 1 heterocycles. The molecule has 3 nitrogen and oxygen atoms in total. The number of anilines is 1. The van der Waals surface area contributed by atoms with Crippen molar-refractivity contribution in [3.63, 3.8) is 0 Å². The van der Waals surface area contributed by atoms with Gasteiger partial charge >= 0.3 is 6.18 Å². The topological polar surface area (TPSA) is 48.1 Å². The fourth-order valence-corrected chi connectivity index (χ4v) is 2.08. The number of nitrogens with two attached hydrogens (primary N) is 1. The summed E-state index contributed by atoms with van der Waals surface area (Å²) in [5.41, 5.74) is 5.41. The van der Waals surface area contributed by atoms with Crippen LogP contribution in [0.15, 0.2) is 23.6 Å². The number of aromatic nitrogens is 1. The molecule has 0 spiro atoms. The quantitative estimate of drug-likeness (QED) is 0.912. The molecule has 1 aromatic heterocycles. The van der Waals surface area contributed by atoms with Gasteiger partial charge in [0.25, 0.3) is 0 Å². The molecule has 0 amide bonds. The van der Waals surface area contributed by atoms with Crippen molar-refractivity contribution < 1.29 is 17.9 Å². The number of methoxy groups -OCH3 is 1. The molecule has 0 unspecified atom stereocenters. The van der Waals surface area contributed by atoms with Crippen LogP contribution in [0, 0.1) is 0 Å². The van der Waals surface area contributed by atoms with Gasteiger partial charge in [0, 0.05) is 10.9 Å². The van der Waals surface area contributed by atoms with Crippen LogP contribution in [-0.2, 0) is 6.18 Å². The first-order valence-corrected chi connectivity index (χ1v) is 5.76. The molecule has 0 bridgehead atoms. The molecule has 0 atom stereocenters. The molecule has 96 valence electrons. The summed E-state index contributed by atoms with van der Waals surface area (Å²) in [6.07, 6.45) is -4.47. The number of thiazole rings is 1. The van der Waals surface area contributed by atoms with Gasteiger partial charge in [-0.2, -0.15) is 13.2 Å². The van der Waals surface area contributed by atoms with Crippen molar-refractivity contribution in [3.05, 3.63) is 29.1 Å². The Morgan fingerprint density at radius 1 is 1.33 bits per heavy atom. The molecular formula is C11H9F3N2OS. The normalized spacial score (nSPS) is 11.6. The standard InChI is InChI=1S/C11H9F3N2OS/c1-17-9-3-2-6(4-7(9)11(12,13)14)8-5-18-10(15)16-8/h2-5H,1H3,(H2,15,16). The van der Waals surface area contributed by atoms with E-state index in [1.807, 2.05) is 0 Å². The molecule has 0 fully saturated rings. The third kappa shape index (κ3) is 2.40. The molecule has 18 heavy (non-hydrogen) atoms. The smallest absolute Gasteiger partial charge is 0.419 e. The van der Waals surface area contributed by atoms with Crippen molar-refractivity contribution in [1.82, 2.24) is 4.98 Å². The Bertz CT molecular complexity index is 566. The van der Waals surface area contributed by atoms with Crippen molar-refractivity contribution in [2.24, 2.45) is 0 Å². The fraction of sp³-hybridized carbons (Fsp3) is 0.182. The monoisotopic (exact) mass is 274 g/mol. The molecule has 0 aliphatic carbocycles. The number of hydrogen-bond donors (Lipinski definition) is 1. The molecule has 2 N–H and O–H groups in total. The lowest BCUT2D eigenvalue weighted by Crippen LogP contribution is -2.07. The van der Waals surface area contributed by atoms with Crippen LogP contribution in [0.25, 0.3) is 11.3 Å². The highest BCUT2D eigenvalue weighted by Gasteiger charge is 2.34. The molecule has 7 heteroatoms. The summed E-state index contributed by atoms with van der Waals surface area (Å²) >= 11 is 1.18. The molecule has 2 aromatic rings. The Morgan fingerprint density at radius 2 is 2.06 bits per heavy atom. The van der Waals surface area contributed by atoms with E-state index in [1.165, 1.54) is 30.6 Å². The van der Waals surface area contributed by atoms with Crippen LogP contribution < -0.4 is 10.5 Å². The zero-order valence-electron chi connectivity index (χ0n) is 9.28. The summed E-state index contributed by atoms with van der Waals surface area (Å²) in [4.78, 5) is 3.95. The van der Waals surface area contributed by atoms with Crippen LogP contribution in [0.3, 0.4) is 0 Å². The van der Waals surface area contributed by atoms with Gasteiger partial charge < -0.3 is 10.5 Å². The second-order valence-corrected chi connectivity index (χ2v) is 4.37. The molecule has 0 aliphatic rings. The van der Waals surface area contributed by atoms with E-state index in [9.17, 15) is 13.2 Å². The predicted octanol–water partition coefficient (Wildman–Crippen LogP) is 3.42. The van der Waals surface area contributed by atoms with Gasteiger partial charge in [0.15, 0.2) is 5.13 Å². The summed E-state index contributed by atoms with van der Waals surface area (Å²) in [6, 6.07) is 3.80. The van der Waals surface area contributed by atoms with Crippen molar-refractivity contribution >= 4 is 16.5 Å². The summed E-state index contributed by atoms with van der Waals surface area (Å²) < 4.78 is 43.1. The number of alkyl halides is 3. The van der Waals surface area contributed by atoms with E-state index in [-0.39, 0.29) is 5.75 Å². The van der Waals surface area contributed by atoms with Gasteiger partial charge in [0.05, 0.1) is 18.4 Å². The third-order valence-electron chi connectivity index (χ3n) is 2.32. The highest BCUT2D eigenvalue weighted by molar-refractivity contribution is 7.13. The number of ether oxygens (including phenoxy) is 1. The number of hydrogen-bond acceptors (Lipinski definition) is 4. The predicted molar refractivity (Wildman–Crippen MR) is 63.5 cm³/mol. The minimum Gasteiger partial charge on any atom is -0.496 e. The minimum atomic E-state index is -4.47. The van der Waals surface area contributed by atoms with E-state index >= 15 is 0 Å². The van der Waals surface area contributed by atoms with Crippen LogP contribution in [0.5, 0.6) is 5.75 Å². The molecular weight excluding hydrogens is 265 g/mol. The zero-order valence-corrected chi connectivity index (χ0v) is 10.1. The lowest BCUT2D eigenvalue weighted by atomic mass is 10.1. The van der Waals surface area contributed by atoms with Crippen LogP contribution in [0.1, 0.15) is 5.56 Å². The highest BCUT2D eigenvalue weighted by atomic mass is 32.1. The first kappa shape index (κ1) is 12.7. The Hall–Kier alpha value is -1.76. The van der Waals surface area contributed by atoms with Gasteiger partial charge in [-0.05, 0) is 18.2 Å². The maximum absolute atomic E-state index is 12.8. The molecule has 0 radical (unpaired) electrons.